The summed E-state index contributed by atoms with van der Waals surface area (Å²) in [5.41, 5.74) is 7.44. The van der Waals surface area contributed by atoms with Crippen molar-refractivity contribution in [2.45, 2.75) is 38.3 Å². The predicted molar refractivity (Wildman–Crippen MR) is 149 cm³/mol. The first-order chi connectivity index (χ1) is 19.3. The van der Waals surface area contributed by atoms with Crippen LogP contribution in [0.2, 0.25) is 0 Å². The third kappa shape index (κ3) is 9.93. The highest BCUT2D eigenvalue weighted by atomic mass is 32.2. The minimum absolute atomic E-state index is 0.195. The maximum atomic E-state index is 13.8. The van der Waals surface area contributed by atoms with Crippen molar-refractivity contribution in [3.8, 4) is 0 Å². The molecule has 4 N–H and O–H groups in total. The van der Waals surface area contributed by atoms with Gasteiger partial charge in [-0.1, -0.05) is 55.9 Å². The molecular weight excluding hydrogens is 565 g/mol. The molecule has 224 valence electrons. The van der Waals surface area contributed by atoms with E-state index in [-0.39, 0.29) is 19.0 Å². The van der Waals surface area contributed by atoms with E-state index >= 15 is 0 Å². The second kappa shape index (κ2) is 15.2. The minimum atomic E-state index is -5.08. The number of hydrogen-bond acceptors (Lipinski definition) is 8. The standard InChI is InChI=1S/C24H32N6O3S.C2HF3O2/c1-16(2)13-26-21-18-12-19(30(10-11-33-3)22(18)28-24(27-21)34-4)23(32)29(15-20(25)31)14-17-8-6-5-7-9-17;3-2(4,5)1(6)7/h5-9,12,16H,10-11,13-15H2,1-4H3,(H2,25,31)(H,26,27,28);(H,6,7). The number of benzene rings is 1. The highest BCUT2D eigenvalue weighted by molar-refractivity contribution is 7.98. The number of carbonyl (C=O) groups excluding carboxylic acids is 2. The van der Waals surface area contributed by atoms with Crippen molar-refractivity contribution in [3.05, 3.63) is 47.7 Å². The SMILES string of the molecule is COCCn1c(C(=O)N(CC(N)=O)Cc2ccccc2)cc2c(NCC(C)C)nc(SC)nc21.O=C(O)C(F)(F)F. The molecule has 0 radical (unpaired) electrons. The summed E-state index contributed by atoms with van der Waals surface area (Å²) in [5.74, 6) is -2.55. The van der Waals surface area contributed by atoms with Gasteiger partial charge in [0.2, 0.25) is 5.91 Å². The Hall–Kier alpha value is -3.85. The Bertz CT molecular complexity index is 1330. The van der Waals surface area contributed by atoms with Crippen LogP contribution in [-0.2, 0) is 27.4 Å². The Morgan fingerprint density at radius 3 is 2.34 bits per heavy atom. The summed E-state index contributed by atoms with van der Waals surface area (Å²) in [7, 11) is 1.61. The number of nitrogens with one attached hydrogen (secondary N) is 1. The third-order valence-corrected chi connectivity index (χ3v) is 5.97. The topological polar surface area (TPSA) is 153 Å². The number of nitrogens with two attached hydrogens (primary N) is 1. The van der Waals surface area contributed by atoms with Gasteiger partial charge in [-0.2, -0.15) is 13.2 Å². The van der Waals surface area contributed by atoms with Crippen LogP contribution in [0.3, 0.4) is 0 Å². The summed E-state index contributed by atoms with van der Waals surface area (Å²) in [6, 6.07) is 11.3. The van der Waals surface area contributed by atoms with E-state index in [2.05, 4.69) is 24.1 Å². The Balaban J connectivity index is 0.000000745. The van der Waals surface area contributed by atoms with Crippen molar-refractivity contribution in [2.75, 3.05) is 38.4 Å². The van der Waals surface area contributed by atoms with E-state index in [1.807, 2.05) is 41.2 Å². The number of primary amides is 1. The predicted octanol–water partition coefficient (Wildman–Crippen LogP) is 3.63. The van der Waals surface area contributed by atoms with Crippen LogP contribution in [0, 0.1) is 5.92 Å². The van der Waals surface area contributed by atoms with E-state index in [0.717, 1.165) is 17.5 Å². The summed E-state index contributed by atoms with van der Waals surface area (Å²) in [5, 5.41) is 11.9. The van der Waals surface area contributed by atoms with Gasteiger partial charge in [-0.25, -0.2) is 14.8 Å². The number of halogens is 3. The fourth-order valence-corrected chi connectivity index (χ4v) is 3.93. The fraction of sp³-hybridized carbons (Fsp3) is 0.423. The largest absolute Gasteiger partial charge is 0.490 e. The second-order valence-electron chi connectivity index (χ2n) is 9.16. The number of aliphatic carboxylic acids is 1. The average Bonchev–Trinajstić information content (AvgIpc) is 3.28. The molecule has 0 fully saturated rings. The van der Waals surface area contributed by atoms with Crippen LogP contribution in [-0.4, -0.2) is 81.6 Å². The number of fused-ring (bicyclic) bond motifs is 1. The molecule has 41 heavy (non-hydrogen) atoms. The summed E-state index contributed by atoms with van der Waals surface area (Å²) in [6.07, 6.45) is -3.17. The van der Waals surface area contributed by atoms with Crippen molar-refractivity contribution in [3.63, 3.8) is 0 Å². The summed E-state index contributed by atoms with van der Waals surface area (Å²) >= 11 is 1.44. The van der Waals surface area contributed by atoms with Gasteiger partial charge < -0.3 is 30.4 Å². The van der Waals surface area contributed by atoms with Gasteiger partial charge >= 0.3 is 12.1 Å². The van der Waals surface area contributed by atoms with Gasteiger partial charge in [-0.15, -0.1) is 0 Å². The lowest BCUT2D eigenvalue weighted by atomic mass is 10.2. The molecule has 0 aliphatic rings. The number of carbonyl (C=O) groups is 3. The highest BCUT2D eigenvalue weighted by Gasteiger charge is 2.38. The molecule has 3 rings (SSSR count). The number of carboxylic acid groups (broad SMARTS) is 1. The van der Waals surface area contributed by atoms with E-state index in [9.17, 15) is 22.8 Å². The van der Waals surface area contributed by atoms with Crippen LogP contribution >= 0.6 is 11.8 Å². The monoisotopic (exact) mass is 598 g/mol. The van der Waals surface area contributed by atoms with E-state index in [0.29, 0.717) is 41.4 Å². The van der Waals surface area contributed by atoms with Gasteiger partial charge in [0, 0.05) is 26.7 Å². The molecule has 0 spiro atoms. The lowest BCUT2D eigenvalue weighted by Gasteiger charge is -2.22. The first kappa shape index (κ1) is 33.4. The molecule has 0 aliphatic heterocycles. The number of nitrogens with zero attached hydrogens (tertiary/aromatic N) is 4. The zero-order valence-corrected chi connectivity index (χ0v) is 23.9. The minimum Gasteiger partial charge on any atom is -0.475 e. The second-order valence-corrected chi connectivity index (χ2v) is 9.93. The molecule has 2 aromatic heterocycles. The summed E-state index contributed by atoms with van der Waals surface area (Å²) in [4.78, 5) is 45.3. The number of anilines is 1. The molecule has 0 saturated carbocycles. The number of amides is 2. The van der Waals surface area contributed by atoms with Crippen LogP contribution in [0.15, 0.2) is 41.6 Å². The lowest BCUT2D eigenvalue weighted by molar-refractivity contribution is -0.192. The van der Waals surface area contributed by atoms with Gasteiger partial charge in [0.15, 0.2) is 5.16 Å². The van der Waals surface area contributed by atoms with Crippen molar-refractivity contribution in [1.29, 1.82) is 0 Å². The molecule has 0 bridgehead atoms. The highest BCUT2D eigenvalue weighted by Crippen LogP contribution is 2.28. The van der Waals surface area contributed by atoms with Crippen LogP contribution in [0.25, 0.3) is 11.0 Å². The van der Waals surface area contributed by atoms with Crippen LogP contribution < -0.4 is 11.1 Å². The molecule has 3 aromatic rings. The Kier molecular flexibility index (Phi) is 12.4. The number of carboxylic acids is 1. The molecule has 0 saturated heterocycles. The zero-order chi connectivity index (χ0) is 30.7. The van der Waals surface area contributed by atoms with Gasteiger partial charge in [0.25, 0.3) is 5.91 Å². The van der Waals surface area contributed by atoms with E-state index in [1.165, 1.54) is 16.7 Å². The number of alkyl halides is 3. The first-order valence-corrected chi connectivity index (χ1v) is 13.6. The Morgan fingerprint density at radius 2 is 1.83 bits per heavy atom. The zero-order valence-electron chi connectivity index (χ0n) is 23.1. The Labute approximate surface area is 239 Å². The molecule has 1 aromatic carbocycles. The molecular formula is C26H33F3N6O5S. The number of thioether (sulfide) groups is 1. The number of methoxy groups -OCH3 is 1. The van der Waals surface area contributed by atoms with Crippen molar-refractivity contribution < 1.29 is 37.4 Å². The van der Waals surface area contributed by atoms with Gasteiger partial charge in [-0.3, -0.25) is 9.59 Å². The molecule has 2 amide bonds. The Morgan fingerprint density at radius 1 is 1.20 bits per heavy atom. The molecule has 0 aliphatic carbocycles. The van der Waals surface area contributed by atoms with Crippen LogP contribution in [0.4, 0.5) is 19.0 Å². The molecule has 2 heterocycles. The number of rotatable bonds is 12. The van der Waals surface area contributed by atoms with E-state index in [4.69, 9.17) is 25.4 Å². The maximum Gasteiger partial charge on any atom is 0.490 e. The fourth-order valence-electron chi connectivity index (χ4n) is 3.57. The number of ether oxygens (including phenoxy) is 1. The quantitative estimate of drug-likeness (QED) is 0.210. The number of hydrogen-bond donors (Lipinski definition) is 3. The van der Waals surface area contributed by atoms with Crippen molar-refractivity contribution >= 4 is 46.4 Å². The third-order valence-electron chi connectivity index (χ3n) is 5.42. The van der Waals surface area contributed by atoms with Crippen molar-refractivity contribution in [2.24, 2.45) is 11.7 Å². The van der Waals surface area contributed by atoms with Gasteiger partial charge in [0.1, 0.15) is 23.7 Å². The smallest absolute Gasteiger partial charge is 0.475 e. The van der Waals surface area contributed by atoms with Crippen LogP contribution in [0.1, 0.15) is 29.9 Å². The van der Waals surface area contributed by atoms with Crippen LogP contribution in [0.5, 0.6) is 0 Å². The summed E-state index contributed by atoms with van der Waals surface area (Å²) < 4.78 is 38.9. The molecule has 0 unspecified atom stereocenters. The van der Waals surface area contributed by atoms with Crippen molar-refractivity contribution in [1.82, 2.24) is 19.4 Å². The molecule has 15 heteroatoms. The number of aromatic nitrogens is 3. The van der Waals surface area contributed by atoms with Gasteiger partial charge in [-0.05, 0) is 23.8 Å². The summed E-state index contributed by atoms with van der Waals surface area (Å²) in [6.45, 7) is 5.84. The maximum absolute atomic E-state index is 13.8. The average molecular weight is 599 g/mol. The van der Waals surface area contributed by atoms with Gasteiger partial charge in [0.05, 0.1) is 12.0 Å². The van der Waals surface area contributed by atoms with E-state index in [1.54, 1.807) is 13.2 Å². The molecule has 11 nitrogen and oxygen atoms in total. The normalized spacial score (nSPS) is 11.2. The molecule has 0 atom stereocenters. The first-order valence-electron chi connectivity index (χ1n) is 12.4. The van der Waals surface area contributed by atoms with E-state index < -0.39 is 18.1 Å². The lowest BCUT2D eigenvalue weighted by Crippen LogP contribution is -2.39.